The molecule has 51 heavy (non-hydrogen) atoms. The lowest BCUT2D eigenvalue weighted by atomic mass is 10.1. The number of hydrogen-bond donors (Lipinski definition) is 4. The number of alkyl halides is 4. The van der Waals surface area contributed by atoms with Crippen LogP contribution in [0, 0.1) is 0 Å². The second-order valence-corrected chi connectivity index (χ2v) is 23.0. The summed E-state index contributed by atoms with van der Waals surface area (Å²) in [6.07, 6.45) is -8.07. The molecule has 288 valence electrons. The quantitative estimate of drug-likeness (QED) is 0.236. The van der Waals surface area contributed by atoms with Crippen LogP contribution in [0.2, 0.25) is 22.2 Å². The highest BCUT2D eigenvalue weighted by Gasteiger charge is 2.67. The van der Waals surface area contributed by atoms with E-state index in [4.69, 9.17) is 39.0 Å². The second-order valence-electron chi connectivity index (χ2n) is 14.1. The standard InChI is InChI=1S/C21H37F2N3O5Si2.C9H11F2N3O4/c1-12(2)32(13(3)4)28-11-16-18(30-33(31-32,14(5)6)15(7)8)21(22,23)19(29-16)26-10-9-17(24)25-20(26)27;10-9(11)6(16)4(3-15)18-7(9)14-2-1-5(12)13-8(14)17/h9-10,12-16,18-19H,11H2,1-8H3,(H2,24,25,27);1-2,4,6-7,15-16H,3H2,(H2,12,13,17)/t16-,18-,19-;4-,6-,7-/m11/s1. The first kappa shape index (κ1) is 41.0. The van der Waals surface area contributed by atoms with Gasteiger partial charge in [0.05, 0.1) is 13.2 Å². The van der Waals surface area contributed by atoms with Crippen LogP contribution in [0.15, 0.2) is 34.1 Å². The minimum Gasteiger partial charge on any atom is -0.414 e. The molecule has 0 aliphatic carbocycles. The van der Waals surface area contributed by atoms with Crippen LogP contribution in [0.5, 0.6) is 0 Å². The number of aliphatic hydroxyl groups is 2. The zero-order valence-corrected chi connectivity index (χ0v) is 31.7. The van der Waals surface area contributed by atoms with Gasteiger partial charge in [-0.2, -0.15) is 27.5 Å². The van der Waals surface area contributed by atoms with Crippen molar-refractivity contribution < 1.29 is 50.2 Å². The number of aromatic nitrogens is 4. The smallest absolute Gasteiger partial charge is 0.351 e. The van der Waals surface area contributed by atoms with Crippen molar-refractivity contribution in [3.8, 4) is 0 Å². The third-order valence-corrected chi connectivity index (χ3v) is 19.7. The molecule has 0 bridgehead atoms. The van der Waals surface area contributed by atoms with E-state index in [2.05, 4.69) is 37.7 Å². The number of nitrogens with zero attached hydrogens (tertiary/aromatic N) is 4. The van der Waals surface area contributed by atoms with Crippen LogP contribution in [-0.2, 0) is 22.4 Å². The molecule has 15 nitrogen and oxygen atoms in total. The first-order valence-electron chi connectivity index (χ1n) is 16.6. The monoisotopic (exact) mass is 768 g/mol. The zero-order chi connectivity index (χ0) is 38.4. The molecule has 0 amide bonds. The number of anilines is 2. The predicted molar refractivity (Wildman–Crippen MR) is 180 cm³/mol. The lowest BCUT2D eigenvalue weighted by Gasteiger charge is -2.51. The summed E-state index contributed by atoms with van der Waals surface area (Å²) in [5.41, 5.74) is 8.76. The lowest BCUT2D eigenvalue weighted by molar-refractivity contribution is -0.140. The molecule has 0 unspecified atom stereocenters. The fraction of sp³-hybridized carbons (Fsp3) is 0.733. The predicted octanol–water partition coefficient (Wildman–Crippen LogP) is 3.03. The molecule has 5 rings (SSSR count). The topological polar surface area (TPSA) is 208 Å². The first-order chi connectivity index (χ1) is 23.6. The molecule has 5 heterocycles. The maximum atomic E-state index is 15.9. The van der Waals surface area contributed by atoms with Gasteiger partial charge in [-0.05, 0) is 34.3 Å². The summed E-state index contributed by atoms with van der Waals surface area (Å²) in [6.45, 7) is 15.2. The van der Waals surface area contributed by atoms with Crippen molar-refractivity contribution in [1.82, 2.24) is 19.1 Å². The highest BCUT2D eigenvalue weighted by molar-refractivity contribution is 6.84. The van der Waals surface area contributed by atoms with Crippen molar-refractivity contribution in [3.05, 3.63) is 45.5 Å². The fourth-order valence-electron chi connectivity index (χ4n) is 6.70. The van der Waals surface area contributed by atoms with E-state index in [1.807, 2.05) is 27.7 Å². The molecule has 2 aromatic heterocycles. The number of nitrogen functional groups attached to an aromatic ring is 2. The van der Waals surface area contributed by atoms with E-state index >= 15 is 8.78 Å². The summed E-state index contributed by atoms with van der Waals surface area (Å²) in [6, 6.07) is 2.44. The van der Waals surface area contributed by atoms with Gasteiger partial charge in [-0.15, -0.1) is 0 Å². The molecule has 3 aliphatic heterocycles. The third kappa shape index (κ3) is 7.41. The summed E-state index contributed by atoms with van der Waals surface area (Å²) in [5, 5.41) is 18.1. The second kappa shape index (κ2) is 14.9. The van der Waals surface area contributed by atoms with Crippen molar-refractivity contribution >= 4 is 28.8 Å². The van der Waals surface area contributed by atoms with Crippen LogP contribution >= 0.6 is 0 Å². The summed E-state index contributed by atoms with van der Waals surface area (Å²) in [7, 11) is -6.15. The minimum atomic E-state index is -3.71. The van der Waals surface area contributed by atoms with Gasteiger partial charge in [0, 0.05) is 12.4 Å². The molecule has 0 radical (unpaired) electrons. The van der Waals surface area contributed by atoms with Gasteiger partial charge in [0.15, 0.2) is 6.10 Å². The van der Waals surface area contributed by atoms with Gasteiger partial charge in [0.2, 0.25) is 12.5 Å². The summed E-state index contributed by atoms with van der Waals surface area (Å²) >= 11 is 0. The Bertz CT molecular complexity index is 1630. The molecule has 3 aliphatic rings. The number of fused-ring (bicyclic) bond motifs is 1. The lowest BCUT2D eigenvalue weighted by Crippen LogP contribution is -2.66. The van der Waals surface area contributed by atoms with Gasteiger partial charge in [0.25, 0.3) is 0 Å². The van der Waals surface area contributed by atoms with Crippen LogP contribution < -0.4 is 22.8 Å². The molecule has 3 saturated heterocycles. The molecule has 2 aromatic rings. The molecule has 6 N–H and O–H groups in total. The SMILES string of the molecule is CC(C)[Si]1(C(C)C)OC[C@H]2O[C@@H](n3ccc(N)nc3=O)C(F)(F)[C@@H]2O[Si](C(C)C)(C(C)C)O1.Nc1ccn([C@@H]2O[C@H](CO)[C@@H](O)C2(F)F)c(=O)n1. The Morgan fingerprint density at radius 2 is 1.27 bits per heavy atom. The minimum absolute atomic E-state index is 0.0488. The van der Waals surface area contributed by atoms with Gasteiger partial charge >= 0.3 is 40.3 Å². The van der Waals surface area contributed by atoms with Gasteiger partial charge in [-0.25, -0.2) is 9.59 Å². The van der Waals surface area contributed by atoms with E-state index in [-0.39, 0.29) is 40.4 Å². The van der Waals surface area contributed by atoms with Crippen LogP contribution in [0.25, 0.3) is 0 Å². The van der Waals surface area contributed by atoms with Crippen molar-refractivity contribution in [2.75, 3.05) is 24.7 Å². The van der Waals surface area contributed by atoms with Crippen molar-refractivity contribution in [2.45, 2.75) is 126 Å². The average molecular weight is 769 g/mol. The summed E-state index contributed by atoms with van der Waals surface area (Å²) < 4.78 is 90.9. The molecular weight excluding hydrogens is 721 g/mol. The highest BCUT2D eigenvalue weighted by atomic mass is 28.5. The molecule has 6 atom stereocenters. The van der Waals surface area contributed by atoms with Gasteiger partial charge in [-0.1, -0.05) is 55.4 Å². The van der Waals surface area contributed by atoms with Crippen molar-refractivity contribution in [1.29, 1.82) is 0 Å². The van der Waals surface area contributed by atoms with E-state index in [9.17, 15) is 23.5 Å². The fourth-order valence-corrected chi connectivity index (χ4v) is 17.9. The average Bonchev–Trinajstić information content (AvgIpc) is 3.39. The Kier molecular flexibility index (Phi) is 12.0. The molecule has 0 aromatic carbocycles. The molecule has 0 saturated carbocycles. The zero-order valence-electron chi connectivity index (χ0n) is 29.7. The van der Waals surface area contributed by atoms with E-state index < -0.39 is 83.8 Å². The van der Waals surface area contributed by atoms with E-state index in [1.54, 1.807) is 0 Å². The van der Waals surface area contributed by atoms with Crippen molar-refractivity contribution in [2.24, 2.45) is 0 Å². The molecular formula is C30H48F4N6O9Si2. The first-order valence-corrected chi connectivity index (χ1v) is 20.6. The van der Waals surface area contributed by atoms with Gasteiger partial charge in [0.1, 0.15) is 29.9 Å². The van der Waals surface area contributed by atoms with E-state index in [0.29, 0.717) is 4.57 Å². The third-order valence-electron chi connectivity index (χ3n) is 9.44. The number of halogens is 4. The molecule has 3 fully saturated rings. The van der Waals surface area contributed by atoms with Gasteiger partial charge in [-0.3, -0.25) is 9.13 Å². The van der Waals surface area contributed by atoms with E-state index in [1.165, 1.54) is 12.3 Å². The number of hydrogen-bond acceptors (Lipinski definition) is 13. The van der Waals surface area contributed by atoms with Crippen molar-refractivity contribution in [3.63, 3.8) is 0 Å². The molecule has 0 spiro atoms. The number of nitrogens with two attached hydrogens (primary N) is 2. The Hall–Kier alpha value is -2.77. The van der Waals surface area contributed by atoms with Gasteiger partial charge < -0.3 is 44.1 Å². The Morgan fingerprint density at radius 3 is 1.67 bits per heavy atom. The van der Waals surface area contributed by atoms with Crippen LogP contribution in [0.4, 0.5) is 29.2 Å². The largest absolute Gasteiger partial charge is 0.414 e. The Labute approximate surface area is 294 Å². The normalized spacial score (nSPS) is 29.5. The van der Waals surface area contributed by atoms with E-state index in [0.717, 1.165) is 16.8 Å². The number of ether oxygens (including phenoxy) is 2. The summed E-state index contributed by atoms with van der Waals surface area (Å²) in [5.74, 6) is -7.39. The summed E-state index contributed by atoms with van der Waals surface area (Å²) in [4.78, 5) is 30.7. The Balaban J connectivity index is 0.000000272. The van der Waals surface area contributed by atoms with Crippen LogP contribution in [-0.4, -0.2) is 95.9 Å². The number of rotatable bonds is 7. The Morgan fingerprint density at radius 1 is 0.824 bits per heavy atom. The highest BCUT2D eigenvalue weighted by Crippen LogP contribution is 2.52. The molecule has 21 heteroatoms. The number of aliphatic hydroxyl groups excluding tert-OH is 2. The van der Waals surface area contributed by atoms with Crippen LogP contribution in [0.3, 0.4) is 0 Å². The maximum Gasteiger partial charge on any atom is 0.351 e. The maximum absolute atomic E-state index is 15.9. The van der Waals surface area contributed by atoms with Crippen LogP contribution in [0.1, 0.15) is 67.8 Å².